The summed E-state index contributed by atoms with van der Waals surface area (Å²) in [5.74, 6) is 0.424. The summed E-state index contributed by atoms with van der Waals surface area (Å²) >= 11 is 0. The lowest BCUT2D eigenvalue weighted by atomic mass is 9.95. The number of carbonyl (C=O) groups excluding carboxylic acids is 1. The Morgan fingerprint density at radius 2 is 2.36 bits per heavy atom. The Morgan fingerprint density at radius 3 is 3.09 bits per heavy atom. The smallest absolute Gasteiger partial charge is 0.407 e. The first kappa shape index (κ1) is 6.91. The molecule has 4 nitrogen and oxygen atoms in total. The number of ether oxygens (including phenoxy) is 1. The van der Waals surface area contributed by atoms with Gasteiger partial charge in [-0.3, -0.25) is 0 Å². The predicted octanol–water partition coefficient (Wildman–Crippen LogP) is -0.297. The standard InChI is InChI=1S/C7H12N2O2/c1-4-2-8-3-5-6(4)11-7(10)9-5/h4-6,8H,2-3H2,1H3,(H,9,10)/t4?,5-,6+/m1/s1. The molecular weight excluding hydrogens is 144 g/mol. The van der Waals surface area contributed by atoms with Crippen LogP contribution < -0.4 is 10.6 Å². The summed E-state index contributed by atoms with van der Waals surface area (Å²) in [6.45, 7) is 3.86. The summed E-state index contributed by atoms with van der Waals surface area (Å²) in [6, 6.07) is 0.186. The molecule has 2 saturated heterocycles. The lowest BCUT2D eigenvalue weighted by molar-refractivity contribution is 0.0831. The van der Waals surface area contributed by atoms with E-state index in [4.69, 9.17) is 4.74 Å². The van der Waals surface area contributed by atoms with E-state index in [0.717, 1.165) is 13.1 Å². The number of hydrogen-bond acceptors (Lipinski definition) is 3. The maximum absolute atomic E-state index is 10.8. The fraction of sp³-hybridized carbons (Fsp3) is 0.857. The van der Waals surface area contributed by atoms with Crippen molar-refractivity contribution in [3.8, 4) is 0 Å². The predicted molar refractivity (Wildman–Crippen MR) is 39.2 cm³/mol. The Morgan fingerprint density at radius 1 is 1.55 bits per heavy atom. The molecule has 1 unspecified atom stereocenters. The molecule has 0 aliphatic carbocycles. The van der Waals surface area contributed by atoms with Gasteiger partial charge < -0.3 is 15.4 Å². The SMILES string of the molecule is CC1CNC[C@H]2NC(=O)O[C@@H]12. The topological polar surface area (TPSA) is 50.4 Å². The molecule has 11 heavy (non-hydrogen) atoms. The molecule has 0 aromatic heterocycles. The third-order valence-corrected chi connectivity index (χ3v) is 2.33. The molecular formula is C7H12N2O2. The number of rotatable bonds is 0. The van der Waals surface area contributed by atoms with Gasteiger partial charge in [0.25, 0.3) is 0 Å². The average Bonchev–Trinajstić information content (AvgIpc) is 2.31. The molecule has 2 aliphatic heterocycles. The van der Waals surface area contributed by atoms with Gasteiger partial charge in [-0.1, -0.05) is 6.92 Å². The van der Waals surface area contributed by atoms with Crippen molar-refractivity contribution in [3.63, 3.8) is 0 Å². The van der Waals surface area contributed by atoms with Crippen LogP contribution in [0, 0.1) is 5.92 Å². The number of nitrogens with one attached hydrogen (secondary N) is 2. The van der Waals surface area contributed by atoms with E-state index in [9.17, 15) is 4.79 Å². The molecule has 1 amide bonds. The lowest BCUT2D eigenvalue weighted by Crippen LogP contribution is -2.51. The molecule has 0 saturated carbocycles. The zero-order valence-corrected chi connectivity index (χ0v) is 6.46. The molecule has 2 rings (SSSR count). The molecule has 62 valence electrons. The van der Waals surface area contributed by atoms with Crippen molar-refractivity contribution < 1.29 is 9.53 Å². The second-order valence-corrected chi connectivity index (χ2v) is 3.26. The van der Waals surface area contributed by atoms with Gasteiger partial charge in [-0.25, -0.2) is 4.79 Å². The third-order valence-electron chi connectivity index (χ3n) is 2.33. The second kappa shape index (κ2) is 2.37. The normalized spacial score (nSPS) is 42.6. The van der Waals surface area contributed by atoms with Crippen molar-refractivity contribution in [2.24, 2.45) is 5.92 Å². The largest absolute Gasteiger partial charge is 0.444 e. The molecule has 0 spiro atoms. The van der Waals surface area contributed by atoms with E-state index in [1.165, 1.54) is 0 Å². The van der Waals surface area contributed by atoms with Crippen LogP contribution in [0.3, 0.4) is 0 Å². The highest BCUT2D eigenvalue weighted by molar-refractivity contribution is 5.70. The molecule has 2 fully saturated rings. The molecule has 2 heterocycles. The van der Waals surface area contributed by atoms with Crippen molar-refractivity contribution in [3.05, 3.63) is 0 Å². The summed E-state index contributed by atoms with van der Waals surface area (Å²) in [6.07, 6.45) is -0.181. The summed E-state index contributed by atoms with van der Waals surface area (Å²) in [5, 5.41) is 5.99. The number of piperidine rings is 1. The van der Waals surface area contributed by atoms with Crippen LogP contribution in [-0.4, -0.2) is 31.3 Å². The van der Waals surface area contributed by atoms with E-state index in [1.54, 1.807) is 0 Å². The van der Waals surface area contributed by atoms with Crippen LogP contribution in [-0.2, 0) is 4.74 Å². The maximum Gasteiger partial charge on any atom is 0.407 e. The summed E-state index contributed by atoms with van der Waals surface area (Å²) in [4.78, 5) is 10.8. The van der Waals surface area contributed by atoms with Crippen molar-refractivity contribution >= 4 is 6.09 Å². The van der Waals surface area contributed by atoms with Crippen LogP contribution >= 0.6 is 0 Å². The quantitative estimate of drug-likeness (QED) is 0.506. The zero-order valence-electron chi connectivity index (χ0n) is 6.46. The van der Waals surface area contributed by atoms with E-state index in [0.29, 0.717) is 5.92 Å². The van der Waals surface area contributed by atoms with E-state index in [2.05, 4.69) is 17.6 Å². The maximum atomic E-state index is 10.8. The van der Waals surface area contributed by atoms with Gasteiger partial charge in [0.1, 0.15) is 6.10 Å². The van der Waals surface area contributed by atoms with Gasteiger partial charge in [-0.15, -0.1) is 0 Å². The lowest BCUT2D eigenvalue weighted by Gasteiger charge is -2.28. The number of alkyl carbamates (subject to hydrolysis) is 1. The number of hydrogen-bond donors (Lipinski definition) is 2. The Labute approximate surface area is 65.3 Å². The number of fused-ring (bicyclic) bond motifs is 1. The first-order valence-electron chi connectivity index (χ1n) is 3.95. The van der Waals surface area contributed by atoms with Gasteiger partial charge in [0.05, 0.1) is 6.04 Å². The third kappa shape index (κ3) is 1.07. The molecule has 0 bridgehead atoms. The van der Waals surface area contributed by atoms with E-state index >= 15 is 0 Å². The van der Waals surface area contributed by atoms with Gasteiger partial charge in [0, 0.05) is 19.0 Å². The minimum Gasteiger partial charge on any atom is -0.444 e. The van der Waals surface area contributed by atoms with E-state index in [1.807, 2.05) is 0 Å². The highest BCUT2D eigenvalue weighted by Gasteiger charge is 2.39. The van der Waals surface area contributed by atoms with Crippen molar-refractivity contribution in [2.45, 2.75) is 19.1 Å². The Bertz CT molecular complexity index is 183. The fourth-order valence-corrected chi connectivity index (χ4v) is 1.74. The fourth-order valence-electron chi connectivity index (χ4n) is 1.74. The van der Waals surface area contributed by atoms with Crippen LogP contribution in [0.25, 0.3) is 0 Å². The first-order valence-corrected chi connectivity index (χ1v) is 3.95. The van der Waals surface area contributed by atoms with Gasteiger partial charge in [0.15, 0.2) is 0 Å². The molecule has 0 aromatic rings. The van der Waals surface area contributed by atoms with Gasteiger partial charge in [-0.2, -0.15) is 0 Å². The van der Waals surface area contributed by atoms with Gasteiger partial charge in [0.2, 0.25) is 0 Å². The Kier molecular flexibility index (Phi) is 1.49. The first-order chi connectivity index (χ1) is 5.27. The monoisotopic (exact) mass is 156 g/mol. The van der Waals surface area contributed by atoms with Crippen LogP contribution in [0.4, 0.5) is 4.79 Å². The summed E-state index contributed by atoms with van der Waals surface area (Å²) in [5.41, 5.74) is 0. The second-order valence-electron chi connectivity index (χ2n) is 3.26. The molecule has 3 atom stereocenters. The average molecular weight is 156 g/mol. The molecule has 4 heteroatoms. The minimum absolute atomic E-state index is 0.0868. The van der Waals surface area contributed by atoms with Crippen LogP contribution in [0.1, 0.15) is 6.92 Å². The number of carbonyl (C=O) groups is 1. The van der Waals surface area contributed by atoms with Crippen LogP contribution in [0.5, 0.6) is 0 Å². The van der Waals surface area contributed by atoms with Crippen molar-refractivity contribution in [1.82, 2.24) is 10.6 Å². The molecule has 2 aliphatic rings. The summed E-state index contributed by atoms with van der Waals surface area (Å²) < 4.78 is 5.09. The van der Waals surface area contributed by atoms with Crippen LogP contribution in [0.15, 0.2) is 0 Å². The molecule has 0 radical (unpaired) electrons. The Hall–Kier alpha value is -0.770. The number of amides is 1. The molecule has 2 N–H and O–H groups in total. The minimum atomic E-state index is -0.268. The summed E-state index contributed by atoms with van der Waals surface area (Å²) in [7, 11) is 0. The zero-order chi connectivity index (χ0) is 7.84. The van der Waals surface area contributed by atoms with Gasteiger partial charge in [-0.05, 0) is 0 Å². The van der Waals surface area contributed by atoms with Crippen molar-refractivity contribution in [2.75, 3.05) is 13.1 Å². The Balaban J connectivity index is 2.09. The van der Waals surface area contributed by atoms with E-state index in [-0.39, 0.29) is 18.2 Å². The molecule has 0 aromatic carbocycles. The van der Waals surface area contributed by atoms with E-state index < -0.39 is 0 Å². The highest BCUT2D eigenvalue weighted by Crippen LogP contribution is 2.19. The van der Waals surface area contributed by atoms with Gasteiger partial charge >= 0.3 is 6.09 Å². The van der Waals surface area contributed by atoms with Crippen LogP contribution in [0.2, 0.25) is 0 Å². The van der Waals surface area contributed by atoms with Crippen molar-refractivity contribution in [1.29, 1.82) is 0 Å². The highest BCUT2D eigenvalue weighted by atomic mass is 16.6.